The molecule has 1 saturated heterocycles. The molecule has 0 aromatic heterocycles. The Hall–Kier alpha value is -1.40. The molecule has 6 heteroatoms. The molecule has 0 saturated carbocycles. The van der Waals surface area contributed by atoms with Gasteiger partial charge in [0.05, 0.1) is 4.47 Å². The second-order valence-electron chi connectivity index (χ2n) is 7.33. The number of hydrogen-bond donors (Lipinski definition) is 1. The van der Waals surface area contributed by atoms with Crippen molar-refractivity contribution in [3.05, 3.63) is 40.1 Å². The Bertz CT molecular complexity index is 666. The highest BCUT2D eigenvalue weighted by atomic mass is 79.9. The van der Waals surface area contributed by atoms with Crippen LogP contribution >= 0.6 is 15.9 Å². The number of benzene rings is 1. The van der Waals surface area contributed by atoms with Crippen LogP contribution in [0.5, 0.6) is 0 Å². The molecule has 1 aromatic rings. The van der Waals surface area contributed by atoms with Gasteiger partial charge in [0.2, 0.25) is 6.41 Å². The number of amides is 1. The maximum Gasteiger partial charge on any atom is 0.224 e. The van der Waals surface area contributed by atoms with Gasteiger partial charge in [0.15, 0.2) is 0 Å². The molecule has 2 rings (SSSR count). The highest BCUT2D eigenvalue weighted by Crippen LogP contribution is 2.37. The topological polar surface area (TPSA) is 35.6 Å². The number of carbonyl (C=O) groups excluding carboxylic acids is 1. The monoisotopic (exact) mass is 425 g/mol. The zero-order valence-electron chi connectivity index (χ0n) is 16.1. The van der Waals surface area contributed by atoms with E-state index in [2.05, 4.69) is 53.1 Å². The van der Waals surface area contributed by atoms with E-state index < -0.39 is 0 Å². The van der Waals surface area contributed by atoms with Crippen LogP contribution in [0, 0.1) is 11.2 Å². The summed E-state index contributed by atoms with van der Waals surface area (Å²) in [6.07, 6.45) is 5.28. The van der Waals surface area contributed by atoms with Crippen LogP contribution in [0.4, 0.5) is 10.1 Å². The van der Waals surface area contributed by atoms with E-state index in [1.54, 1.807) is 11.1 Å². The van der Waals surface area contributed by atoms with Gasteiger partial charge >= 0.3 is 0 Å². The molecule has 0 bridgehead atoms. The van der Waals surface area contributed by atoms with Crippen LogP contribution in [0.15, 0.2) is 34.3 Å². The number of anilines is 1. The maximum absolute atomic E-state index is 13.7. The molecule has 1 aromatic carbocycles. The average molecular weight is 426 g/mol. The third-order valence-electron chi connectivity index (χ3n) is 5.25. The number of rotatable bonds is 7. The van der Waals surface area contributed by atoms with Crippen molar-refractivity contribution in [1.29, 1.82) is 0 Å². The van der Waals surface area contributed by atoms with Gasteiger partial charge in [-0.25, -0.2) is 9.40 Å². The summed E-state index contributed by atoms with van der Waals surface area (Å²) in [5.74, 6) is -0.272. The predicted octanol–water partition coefficient (Wildman–Crippen LogP) is 4.83. The Balaban J connectivity index is 2.08. The first-order valence-corrected chi connectivity index (χ1v) is 9.95. The highest BCUT2D eigenvalue weighted by molar-refractivity contribution is 9.10. The second kappa shape index (κ2) is 9.00. The summed E-state index contributed by atoms with van der Waals surface area (Å²) in [5, 5.41) is 7.25. The molecule has 144 valence electrons. The van der Waals surface area contributed by atoms with Gasteiger partial charge in [-0.3, -0.25) is 9.80 Å². The maximum atomic E-state index is 13.7. The molecule has 4 nitrogen and oxygen atoms in total. The lowest BCUT2D eigenvalue weighted by Crippen LogP contribution is -2.51. The van der Waals surface area contributed by atoms with Crippen molar-refractivity contribution in [1.82, 2.24) is 10.0 Å². The van der Waals surface area contributed by atoms with Crippen molar-refractivity contribution in [3.63, 3.8) is 0 Å². The third kappa shape index (κ3) is 5.07. The van der Waals surface area contributed by atoms with E-state index in [0.29, 0.717) is 11.0 Å². The van der Waals surface area contributed by atoms with Gasteiger partial charge in [-0.1, -0.05) is 18.6 Å². The molecule has 0 spiro atoms. The van der Waals surface area contributed by atoms with Crippen LogP contribution in [0.25, 0.3) is 0 Å². The molecule has 2 unspecified atom stereocenters. The zero-order chi connectivity index (χ0) is 19.3. The van der Waals surface area contributed by atoms with E-state index in [1.807, 2.05) is 13.0 Å². The van der Waals surface area contributed by atoms with E-state index in [4.69, 9.17) is 0 Å². The van der Waals surface area contributed by atoms with E-state index >= 15 is 0 Å². The molecule has 26 heavy (non-hydrogen) atoms. The summed E-state index contributed by atoms with van der Waals surface area (Å²) < 4.78 is 14.2. The van der Waals surface area contributed by atoms with Crippen LogP contribution in [-0.4, -0.2) is 42.1 Å². The van der Waals surface area contributed by atoms with Gasteiger partial charge in [-0.05, 0) is 67.7 Å². The summed E-state index contributed by atoms with van der Waals surface area (Å²) in [5.41, 5.74) is 2.08. The van der Waals surface area contributed by atoms with Crippen molar-refractivity contribution >= 4 is 28.0 Å². The number of nitrogens with one attached hydrogen (secondary N) is 1. The Morgan fingerprint density at radius 1 is 1.54 bits per heavy atom. The lowest BCUT2D eigenvalue weighted by atomic mass is 9.76. The van der Waals surface area contributed by atoms with Crippen LogP contribution in [-0.2, 0) is 4.79 Å². The largest absolute Gasteiger partial charge is 0.379 e. The van der Waals surface area contributed by atoms with Crippen molar-refractivity contribution < 1.29 is 9.18 Å². The molecule has 0 radical (unpaired) electrons. The van der Waals surface area contributed by atoms with Gasteiger partial charge in [-0.2, -0.15) is 0 Å². The lowest BCUT2D eigenvalue weighted by Gasteiger charge is -2.44. The minimum Gasteiger partial charge on any atom is -0.379 e. The van der Waals surface area contributed by atoms with Gasteiger partial charge in [0.25, 0.3) is 0 Å². The molecule has 1 fully saturated rings. The first kappa shape index (κ1) is 20.9. The summed E-state index contributed by atoms with van der Waals surface area (Å²) >= 11 is 3.18. The molecule has 1 N–H and O–H groups in total. The van der Waals surface area contributed by atoms with Crippen LogP contribution in [0.2, 0.25) is 0 Å². The molecule has 1 heterocycles. The molecule has 0 aliphatic carbocycles. The number of halogens is 2. The summed E-state index contributed by atoms with van der Waals surface area (Å²) in [6.45, 7) is 10.9. The lowest BCUT2D eigenvalue weighted by molar-refractivity contribution is -0.139. The number of hydrogen-bond acceptors (Lipinski definition) is 3. The molecule has 1 aliphatic heterocycles. The molecule has 1 amide bonds. The number of carbonyl (C=O) groups is 1. The van der Waals surface area contributed by atoms with Gasteiger partial charge < -0.3 is 5.32 Å². The van der Waals surface area contributed by atoms with E-state index in [1.165, 1.54) is 11.6 Å². The van der Waals surface area contributed by atoms with Crippen LogP contribution in [0.1, 0.15) is 40.5 Å². The normalized spacial score (nSPS) is 22.8. The fraction of sp³-hybridized carbons (Fsp3) is 0.550. The fourth-order valence-electron chi connectivity index (χ4n) is 3.56. The minimum absolute atomic E-state index is 0.0234. The Labute approximate surface area is 164 Å². The molecular weight excluding hydrogens is 397 g/mol. The Morgan fingerprint density at radius 2 is 2.27 bits per heavy atom. The van der Waals surface area contributed by atoms with Gasteiger partial charge in [0, 0.05) is 36.8 Å². The quantitative estimate of drug-likeness (QED) is 0.501. The minimum atomic E-state index is -0.272. The van der Waals surface area contributed by atoms with E-state index in [0.717, 1.165) is 38.0 Å². The summed E-state index contributed by atoms with van der Waals surface area (Å²) in [4.78, 5) is 11.3. The first-order chi connectivity index (χ1) is 12.3. The smallest absolute Gasteiger partial charge is 0.224 e. The van der Waals surface area contributed by atoms with Gasteiger partial charge in [0.1, 0.15) is 5.82 Å². The second-order valence-corrected chi connectivity index (χ2v) is 8.18. The standard InChI is InChI=1S/C20H29BrFN3O/c1-5-24(14-26)25-10-6-9-20(4,13-25)15(2)11-16(3)23-17-7-8-18(21)19(22)12-17/h7-8,11-12,14,16,23H,5-6,9-10,13H2,1-4H3/b15-11+. The number of nitrogens with zero attached hydrogens (tertiary/aromatic N) is 2. The highest BCUT2D eigenvalue weighted by Gasteiger charge is 2.34. The predicted molar refractivity (Wildman–Crippen MR) is 108 cm³/mol. The summed E-state index contributed by atoms with van der Waals surface area (Å²) in [6, 6.07) is 5.15. The first-order valence-electron chi connectivity index (χ1n) is 9.16. The fourth-order valence-corrected chi connectivity index (χ4v) is 3.81. The van der Waals surface area contributed by atoms with Crippen LogP contribution < -0.4 is 5.32 Å². The van der Waals surface area contributed by atoms with E-state index in [-0.39, 0.29) is 17.3 Å². The molecular formula is C20H29BrFN3O. The average Bonchev–Trinajstić information content (AvgIpc) is 2.59. The molecule has 1 aliphatic rings. The Kier molecular flexibility index (Phi) is 7.24. The number of hydrazine groups is 1. The Morgan fingerprint density at radius 3 is 2.88 bits per heavy atom. The van der Waals surface area contributed by atoms with Gasteiger partial charge in [-0.15, -0.1) is 0 Å². The molecule has 2 atom stereocenters. The van der Waals surface area contributed by atoms with Crippen molar-refractivity contribution in [3.8, 4) is 0 Å². The SMILES string of the molecule is CCN(C=O)N1CCCC(C)(/C(C)=C/C(C)Nc2ccc(Br)c(F)c2)C1. The zero-order valence-corrected chi connectivity index (χ0v) is 17.6. The number of piperidine rings is 1. The van der Waals surface area contributed by atoms with Crippen LogP contribution in [0.3, 0.4) is 0 Å². The third-order valence-corrected chi connectivity index (χ3v) is 5.89. The summed E-state index contributed by atoms with van der Waals surface area (Å²) in [7, 11) is 0. The van der Waals surface area contributed by atoms with Crippen molar-refractivity contribution in [2.24, 2.45) is 5.41 Å². The van der Waals surface area contributed by atoms with Crippen molar-refractivity contribution in [2.75, 3.05) is 25.0 Å². The van der Waals surface area contributed by atoms with Crippen molar-refractivity contribution in [2.45, 2.75) is 46.6 Å². The van der Waals surface area contributed by atoms with E-state index in [9.17, 15) is 9.18 Å².